The molecule has 4 rings (SSSR count). The van der Waals surface area contributed by atoms with E-state index in [2.05, 4.69) is 32.0 Å². The van der Waals surface area contributed by atoms with E-state index < -0.39 is 51.9 Å². The fourth-order valence-corrected chi connectivity index (χ4v) is 9.36. The number of alkyl carbamates (subject to hydrolysis) is 1. The predicted octanol–water partition coefficient (Wildman–Crippen LogP) is 6.35. The number of sulfone groups is 1. The van der Waals surface area contributed by atoms with Gasteiger partial charge in [0, 0.05) is 39.0 Å². The van der Waals surface area contributed by atoms with Gasteiger partial charge in [0.2, 0.25) is 0 Å². The van der Waals surface area contributed by atoms with Crippen molar-refractivity contribution in [2.75, 3.05) is 32.6 Å². The minimum Gasteiger partial charge on any atom is -0.444 e. The number of carbonyl (C=O) groups is 1. The van der Waals surface area contributed by atoms with Crippen molar-refractivity contribution in [1.82, 2.24) is 5.32 Å². The zero-order chi connectivity index (χ0) is 38.8. The second-order valence-corrected chi connectivity index (χ2v) is 17.9. The fourth-order valence-electron chi connectivity index (χ4n) is 7.69. The third-order valence-electron chi connectivity index (χ3n) is 10.4. The van der Waals surface area contributed by atoms with E-state index in [0.29, 0.717) is 19.6 Å². The van der Waals surface area contributed by atoms with Gasteiger partial charge in [0.25, 0.3) is 0 Å². The van der Waals surface area contributed by atoms with Gasteiger partial charge in [0.05, 0.1) is 66.1 Å². The number of hydrogen-bond donors (Lipinski definition) is 2. The molecule has 0 aliphatic carbocycles. The molecule has 3 heterocycles. The summed E-state index contributed by atoms with van der Waals surface area (Å²) < 4.78 is 63.9. The Morgan fingerprint density at radius 2 is 1.77 bits per heavy atom. The van der Waals surface area contributed by atoms with Gasteiger partial charge in [-0.15, -0.1) is 6.58 Å². The summed E-state index contributed by atoms with van der Waals surface area (Å²) in [6.45, 7) is 21.0. The number of amides is 1. The Morgan fingerprint density at radius 3 is 2.45 bits per heavy atom. The van der Waals surface area contributed by atoms with Crippen LogP contribution in [0.3, 0.4) is 0 Å². The van der Waals surface area contributed by atoms with Crippen molar-refractivity contribution < 1.29 is 46.7 Å². The molecule has 10 atom stereocenters. The second-order valence-electron chi connectivity index (χ2n) is 15.8. The largest absolute Gasteiger partial charge is 0.444 e. The lowest BCUT2D eigenvalue weighted by Crippen LogP contribution is -2.41. The molecule has 3 fully saturated rings. The number of carbonyl (C=O) groups excluding carboxylic acids is 1. The van der Waals surface area contributed by atoms with Crippen LogP contribution >= 0.6 is 0 Å². The molecule has 0 spiro atoms. The van der Waals surface area contributed by atoms with Crippen molar-refractivity contribution in [3.05, 3.63) is 67.3 Å². The van der Waals surface area contributed by atoms with E-state index in [1.54, 1.807) is 57.2 Å². The molecular formula is C41H63NO10S. The van der Waals surface area contributed by atoms with Crippen LogP contribution in [0.4, 0.5) is 4.79 Å². The van der Waals surface area contributed by atoms with Gasteiger partial charge in [-0.3, -0.25) is 0 Å². The smallest absolute Gasteiger partial charge is 0.407 e. The summed E-state index contributed by atoms with van der Waals surface area (Å²) in [7, 11) is -2.18. The van der Waals surface area contributed by atoms with E-state index in [9.17, 15) is 18.3 Å². The second kappa shape index (κ2) is 19.8. The zero-order valence-corrected chi connectivity index (χ0v) is 33.2. The van der Waals surface area contributed by atoms with E-state index in [1.165, 1.54) is 7.11 Å². The average Bonchev–Trinajstić information content (AvgIpc) is 3.61. The van der Waals surface area contributed by atoms with Gasteiger partial charge < -0.3 is 38.8 Å². The molecule has 0 bridgehead atoms. The topological polar surface area (TPSA) is 139 Å². The maximum Gasteiger partial charge on any atom is 0.407 e. The number of benzene rings is 1. The van der Waals surface area contributed by atoms with Crippen molar-refractivity contribution in [2.24, 2.45) is 11.8 Å². The Hall–Kier alpha value is -2.58. The van der Waals surface area contributed by atoms with Crippen LogP contribution < -0.4 is 5.32 Å². The van der Waals surface area contributed by atoms with Crippen LogP contribution in [0.2, 0.25) is 0 Å². The molecule has 1 aromatic carbocycles. The Balaban J connectivity index is 1.42. The Morgan fingerprint density at radius 1 is 1.06 bits per heavy atom. The maximum absolute atomic E-state index is 13.7. The Kier molecular flexibility index (Phi) is 16.2. The average molecular weight is 762 g/mol. The molecule has 0 aromatic heterocycles. The van der Waals surface area contributed by atoms with E-state index in [4.69, 9.17) is 28.4 Å². The SMILES string of the molecule is C=CCOCCCC1CC(=C)C(CC[C@H]2C[C@@H](C)C(=C)C(CC3O[C@H](C[C@H](O)CNC(=O)OC(C)(C)C)[C@H](OC)C3CS(=O)(=O)c3ccccc3)O2)O1. The molecule has 0 saturated carbocycles. The summed E-state index contributed by atoms with van der Waals surface area (Å²) >= 11 is 0. The first-order chi connectivity index (χ1) is 25.1. The molecule has 5 unspecified atom stereocenters. The van der Waals surface area contributed by atoms with E-state index in [0.717, 1.165) is 49.7 Å². The lowest BCUT2D eigenvalue weighted by atomic mass is 9.83. The first-order valence-electron chi connectivity index (χ1n) is 19.1. The lowest BCUT2D eigenvalue weighted by Gasteiger charge is -2.38. The molecule has 3 saturated heterocycles. The number of ether oxygens (including phenoxy) is 6. The van der Waals surface area contributed by atoms with Crippen LogP contribution in [-0.4, -0.2) is 107 Å². The fraction of sp³-hybridized carbons (Fsp3) is 0.683. The first-order valence-corrected chi connectivity index (χ1v) is 20.7. The number of hydrogen-bond acceptors (Lipinski definition) is 10. The lowest BCUT2D eigenvalue weighted by molar-refractivity contribution is -0.0774. The van der Waals surface area contributed by atoms with E-state index in [-0.39, 0.29) is 53.9 Å². The van der Waals surface area contributed by atoms with Crippen molar-refractivity contribution in [3.63, 3.8) is 0 Å². The Bertz CT molecular complexity index is 1460. The standard InChI is InChI=1S/C41H63NO10S/c1-9-19-48-20-13-14-31-22-28(3)35(49-31)18-17-32-21-27(2)29(4)36(50-32)24-37-34(26-53(45,46)33-15-11-10-12-16-33)39(47-8)38(51-37)23-30(43)25-42-40(44)52-41(5,6)7/h9-12,15-16,27,30-32,34-39,43H,1,3-4,13-14,17-26H2,2,5-8H3,(H,42,44)/t27-,30+,31?,32+,34?,35?,36?,37?,38-,39-/m1/s1. The van der Waals surface area contributed by atoms with Gasteiger partial charge in [-0.1, -0.05) is 44.4 Å². The molecule has 1 aromatic rings. The number of aliphatic hydroxyl groups excluding tert-OH is 1. The van der Waals surface area contributed by atoms with Crippen LogP contribution in [0.1, 0.15) is 79.1 Å². The highest BCUT2D eigenvalue weighted by Gasteiger charge is 2.49. The molecule has 0 radical (unpaired) electrons. The summed E-state index contributed by atoms with van der Waals surface area (Å²) in [6.07, 6.45) is 3.69. The minimum atomic E-state index is -3.72. The molecule has 3 aliphatic rings. The summed E-state index contributed by atoms with van der Waals surface area (Å²) in [6, 6.07) is 8.37. The van der Waals surface area contributed by atoms with Crippen molar-refractivity contribution in [1.29, 1.82) is 0 Å². The first kappa shape index (κ1) is 43.2. The van der Waals surface area contributed by atoms with Crippen LogP contribution in [-0.2, 0) is 38.3 Å². The number of methoxy groups -OCH3 is 1. The predicted molar refractivity (Wildman–Crippen MR) is 204 cm³/mol. The monoisotopic (exact) mass is 761 g/mol. The highest BCUT2D eigenvalue weighted by molar-refractivity contribution is 7.91. The van der Waals surface area contributed by atoms with Gasteiger partial charge in [-0.05, 0) is 88.5 Å². The normalized spacial score (nSPS) is 30.0. The molecule has 53 heavy (non-hydrogen) atoms. The summed E-state index contributed by atoms with van der Waals surface area (Å²) in [5.41, 5.74) is 1.39. The highest BCUT2D eigenvalue weighted by atomic mass is 32.2. The van der Waals surface area contributed by atoms with Gasteiger partial charge >= 0.3 is 6.09 Å². The molecule has 1 amide bonds. The molecule has 3 aliphatic heterocycles. The van der Waals surface area contributed by atoms with Crippen molar-refractivity contribution >= 4 is 15.9 Å². The van der Waals surface area contributed by atoms with Crippen molar-refractivity contribution in [3.8, 4) is 0 Å². The van der Waals surface area contributed by atoms with Gasteiger partial charge in [-0.25, -0.2) is 13.2 Å². The van der Waals surface area contributed by atoms with Gasteiger partial charge in [-0.2, -0.15) is 0 Å². The summed E-state index contributed by atoms with van der Waals surface area (Å²) in [5, 5.41) is 13.6. The van der Waals surface area contributed by atoms with Crippen LogP contribution in [0.15, 0.2) is 72.2 Å². The quantitative estimate of drug-likeness (QED) is 0.121. The van der Waals surface area contributed by atoms with Gasteiger partial charge in [0.1, 0.15) is 5.60 Å². The maximum atomic E-state index is 13.7. The van der Waals surface area contributed by atoms with Crippen LogP contribution in [0, 0.1) is 11.8 Å². The molecule has 11 nitrogen and oxygen atoms in total. The van der Waals surface area contributed by atoms with Crippen LogP contribution in [0.25, 0.3) is 0 Å². The zero-order valence-electron chi connectivity index (χ0n) is 32.4. The summed E-state index contributed by atoms with van der Waals surface area (Å²) in [5.74, 6) is -0.566. The van der Waals surface area contributed by atoms with Gasteiger partial charge in [0.15, 0.2) is 9.84 Å². The van der Waals surface area contributed by atoms with Crippen molar-refractivity contribution in [2.45, 2.75) is 138 Å². The minimum absolute atomic E-state index is 0.0122. The third-order valence-corrected chi connectivity index (χ3v) is 12.2. The molecule has 2 N–H and O–H groups in total. The van der Waals surface area contributed by atoms with Crippen LogP contribution in [0.5, 0.6) is 0 Å². The third kappa shape index (κ3) is 13.0. The Labute approximate surface area is 317 Å². The molecular weight excluding hydrogens is 699 g/mol. The molecule has 12 heteroatoms. The number of aliphatic hydroxyl groups is 1. The summed E-state index contributed by atoms with van der Waals surface area (Å²) in [4.78, 5) is 12.5. The number of nitrogens with one attached hydrogen (secondary N) is 1. The van der Waals surface area contributed by atoms with E-state index in [1.807, 2.05) is 0 Å². The van der Waals surface area contributed by atoms with E-state index >= 15 is 0 Å². The number of rotatable bonds is 19. The highest BCUT2D eigenvalue weighted by Crippen LogP contribution is 2.41. The molecule has 298 valence electrons.